The zero-order chi connectivity index (χ0) is 19.5. The quantitative estimate of drug-likeness (QED) is 0.535. The van der Waals surface area contributed by atoms with Gasteiger partial charge in [-0.1, -0.05) is 18.2 Å². The molecule has 2 rings (SSSR count). The lowest BCUT2D eigenvalue weighted by molar-refractivity contribution is -0.137. The fourth-order valence-corrected chi connectivity index (χ4v) is 2.26. The van der Waals surface area contributed by atoms with E-state index in [9.17, 15) is 26.7 Å². The van der Waals surface area contributed by atoms with Crippen LogP contribution in [0.2, 0.25) is 0 Å². The third kappa shape index (κ3) is 4.68. The maximum atomic E-state index is 13.3. The van der Waals surface area contributed by atoms with Gasteiger partial charge in [0.2, 0.25) is 5.91 Å². The average Bonchev–Trinajstić information content (AvgIpc) is 2.60. The number of hydrogen-bond donors (Lipinski definition) is 0. The Hall–Kier alpha value is -2.70. The van der Waals surface area contributed by atoms with Gasteiger partial charge in [0, 0.05) is 13.1 Å². The van der Waals surface area contributed by atoms with Crippen molar-refractivity contribution in [3.63, 3.8) is 0 Å². The minimum absolute atomic E-state index is 0.419. The molecule has 2 aromatic rings. The molecule has 138 valence electrons. The Kier molecular flexibility index (Phi) is 5.79. The number of carbonyl (C=O) groups excluding carboxylic acids is 1. The maximum Gasteiger partial charge on any atom is 0.416 e. The molecule has 7 heteroatoms. The third-order valence-electron chi connectivity index (χ3n) is 4.01. The minimum Gasteiger partial charge on any atom is -0.335 e. The molecule has 0 bridgehead atoms. The van der Waals surface area contributed by atoms with Crippen molar-refractivity contribution in [2.24, 2.45) is 0 Å². The SMILES string of the molecule is CC(c1ccc(F)c(F)c1)N(C)C(=O)/C=C/c1ccc(C(F)(F)F)cc1. The van der Waals surface area contributed by atoms with Gasteiger partial charge in [0.15, 0.2) is 11.6 Å². The molecule has 0 aromatic heterocycles. The molecule has 2 nitrogen and oxygen atoms in total. The summed E-state index contributed by atoms with van der Waals surface area (Å²) in [7, 11) is 1.49. The molecule has 0 N–H and O–H groups in total. The molecule has 0 fully saturated rings. The largest absolute Gasteiger partial charge is 0.416 e. The van der Waals surface area contributed by atoms with Crippen molar-refractivity contribution >= 4 is 12.0 Å². The lowest BCUT2D eigenvalue weighted by Crippen LogP contribution is -2.28. The number of benzene rings is 2. The summed E-state index contributed by atoms with van der Waals surface area (Å²) in [5.74, 6) is -2.41. The molecule has 0 spiro atoms. The minimum atomic E-state index is -4.42. The van der Waals surface area contributed by atoms with Gasteiger partial charge in [0.25, 0.3) is 0 Å². The highest BCUT2D eigenvalue weighted by atomic mass is 19.4. The van der Waals surface area contributed by atoms with E-state index < -0.39 is 35.3 Å². The van der Waals surface area contributed by atoms with Gasteiger partial charge < -0.3 is 4.90 Å². The normalized spacial score (nSPS) is 13.0. The van der Waals surface area contributed by atoms with Crippen molar-refractivity contribution in [2.75, 3.05) is 7.05 Å². The summed E-state index contributed by atoms with van der Waals surface area (Å²) in [5.41, 5.74) is 0.0768. The molecule has 2 aromatic carbocycles. The molecular weight excluding hydrogens is 353 g/mol. The summed E-state index contributed by atoms with van der Waals surface area (Å²) in [6, 6.07) is 7.23. The van der Waals surface area contributed by atoms with Gasteiger partial charge >= 0.3 is 6.18 Å². The zero-order valence-electron chi connectivity index (χ0n) is 14.0. The Bertz CT molecular complexity index is 812. The summed E-state index contributed by atoms with van der Waals surface area (Å²) in [6.45, 7) is 1.65. The molecule has 1 atom stereocenters. The lowest BCUT2D eigenvalue weighted by Gasteiger charge is -2.24. The van der Waals surface area contributed by atoms with E-state index in [-0.39, 0.29) is 0 Å². The number of carbonyl (C=O) groups is 1. The van der Waals surface area contributed by atoms with Gasteiger partial charge in [-0.2, -0.15) is 13.2 Å². The molecule has 26 heavy (non-hydrogen) atoms. The lowest BCUT2D eigenvalue weighted by atomic mass is 10.1. The standard InChI is InChI=1S/C19H16F5NO/c1-12(14-6-9-16(20)17(21)11-14)25(2)18(26)10-5-13-3-7-15(8-4-13)19(22,23)24/h3-12H,1-2H3/b10-5+. The Balaban J connectivity index is 2.08. The number of amides is 1. The van der Waals surface area contributed by atoms with Crippen LogP contribution in [0.25, 0.3) is 6.08 Å². The first-order valence-corrected chi connectivity index (χ1v) is 7.66. The average molecular weight is 369 g/mol. The highest BCUT2D eigenvalue weighted by Gasteiger charge is 2.29. The van der Waals surface area contributed by atoms with Crippen LogP contribution in [-0.4, -0.2) is 17.9 Å². The Morgan fingerprint density at radius 1 is 1.04 bits per heavy atom. The molecule has 0 saturated heterocycles. The monoisotopic (exact) mass is 369 g/mol. The predicted octanol–water partition coefficient (Wildman–Crippen LogP) is 5.22. The molecule has 0 heterocycles. The topological polar surface area (TPSA) is 20.3 Å². The molecule has 0 aliphatic heterocycles. The molecule has 1 unspecified atom stereocenters. The van der Waals surface area contributed by atoms with Gasteiger partial charge in [-0.25, -0.2) is 8.78 Å². The smallest absolute Gasteiger partial charge is 0.335 e. The summed E-state index contributed by atoms with van der Waals surface area (Å²) >= 11 is 0. The van der Waals surface area contributed by atoms with Crippen LogP contribution in [0.4, 0.5) is 22.0 Å². The molecule has 0 radical (unpaired) electrons. The van der Waals surface area contributed by atoms with Crippen LogP contribution in [0.5, 0.6) is 0 Å². The van der Waals surface area contributed by atoms with Crippen molar-refractivity contribution in [1.82, 2.24) is 4.90 Å². The Morgan fingerprint density at radius 3 is 2.19 bits per heavy atom. The second kappa shape index (κ2) is 7.68. The number of likely N-dealkylation sites (N-methyl/N-ethyl adjacent to an activating group) is 1. The highest BCUT2D eigenvalue weighted by molar-refractivity contribution is 5.91. The van der Waals surface area contributed by atoms with E-state index in [2.05, 4.69) is 0 Å². The van der Waals surface area contributed by atoms with Crippen molar-refractivity contribution in [3.05, 3.63) is 76.9 Å². The van der Waals surface area contributed by atoms with Crippen molar-refractivity contribution in [2.45, 2.75) is 19.1 Å². The summed E-state index contributed by atoms with van der Waals surface area (Å²) < 4.78 is 63.9. The van der Waals surface area contributed by atoms with Gasteiger partial charge in [-0.05, 0) is 48.4 Å². The van der Waals surface area contributed by atoms with Crippen LogP contribution >= 0.6 is 0 Å². The Labute approximate surface area is 147 Å². The van der Waals surface area contributed by atoms with E-state index in [4.69, 9.17) is 0 Å². The molecule has 0 aliphatic rings. The first kappa shape index (κ1) is 19.6. The molecule has 0 saturated carbocycles. The predicted molar refractivity (Wildman–Crippen MR) is 88.0 cm³/mol. The number of halogens is 5. The van der Waals surface area contributed by atoms with Gasteiger partial charge in [-0.3, -0.25) is 4.79 Å². The molecule has 1 amide bonds. The van der Waals surface area contributed by atoms with Crippen LogP contribution in [-0.2, 0) is 11.0 Å². The van der Waals surface area contributed by atoms with Crippen LogP contribution in [0, 0.1) is 11.6 Å². The second-order valence-electron chi connectivity index (χ2n) is 5.75. The summed E-state index contributed by atoms with van der Waals surface area (Å²) in [5, 5.41) is 0. The van der Waals surface area contributed by atoms with Crippen LogP contribution < -0.4 is 0 Å². The number of alkyl halides is 3. The van der Waals surface area contributed by atoms with Gasteiger partial charge in [0.1, 0.15) is 0 Å². The van der Waals surface area contributed by atoms with Crippen molar-refractivity contribution in [3.8, 4) is 0 Å². The number of hydrogen-bond acceptors (Lipinski definition) is 1. The van der Waals surface area contributed by atoms with Crippen LogP contribution in [0.1, 0.15) is 29.7 Å². The van der Waals surface area contributed by atoms with Gasteiger partial charge in [0.05, 0.1) is 11.6 Å². The summed E-state index contributed by atoms with van der Waals surface area (Å²) in [6.07, 6.45) is -1.83. The van der Waals surface area contributed by atoms with E-state index in [1.807, 2.05) is 0 Å². The third-order valence-corrected chi connectivity index (χ3v) is 4.01. The zero-order valence-corrected chi connectivity index (χ0v) is 14.0. The van der Waals surface area contributed by atoms with Crippen molar-refractivity contribution in [1.29, 1.82) is 0 Å². The fraction of sp³-hybridized carbons (Fsp3) is 0.211. The van der Waals surface area contributed by atoms with E-state index >= 15 is 0 Å². The van der Waals surface area contributed by atoms with Crippen LogP contribution in [0.3, 0.4) is 0 Å². The first-order chi connectivity index (χ1) is 12.1. The number of nitrogens with zero attached hydrogens (tertiary/aromatic N) is 1. The Morgan fingerprint density at radius 2 is 1.65 bits per heavy atom. The van der Waals surface area contributed by atoms with Crippen molar-refractivity contribution < 1.29 is 26.7 Å². The molecular formula is C19H16F5NO. The summed E-state index contributed by atoms with van der Waals surface area (Å²) in [4.78, 5) is 13.5. The van der Waals surface area contributed by atoms with Crippen LogP contribution in [0.15, 0.2) is 48.5 Å². The van der Waals surface area contributed by atoms with E-state index in [1.165, 1.54) is 42.3 Å². The van der Waals surface area contributed by atoms with E-state index in [1.54, 1.807) is 6.92 Å². The first-order valence-electron chi connectivity index (χ1n) is 7.66. The number of rotatable bonds is 4. The fourth-order valence-electron chi connectivity index (χ4n) is 2.26. The highest BCUT2D eigenvalue weighted by Crippen LogP contribution is 2.29. The van der Waals surface area contributed by atoms with E-state index in [0.717, 1.165) is 24.3 Å². The molecule has 0 aliphatic carbocycles. The second-order valence-corrected chi connectivity index (χ2v) is 5.75. The maximum absolute atomic E-state index is 13.3. The van der Waals surface area contributed by atoms with E-state index in [0.29, 0.717) is 11.1 Å². The van der Waals surface area contributed by atoms with Gasteiger partial charge in [-0.15, -0.1) is 0 Å².